The number of hydrogen-bond acceptors (Lipinski definition) is 4. The van der Waals surface area contributed by atoms with Crippen molar-refractivity contribution < 1.29 is 4.79 Å². The number of nitrogens with two attached hydrogens (primary N) is 1. The van der Waals surface area contributed by atoms with E-state index in [4.69, 9.17) is 5.73 Å². The van der Waals surface area contributed by atoms with Crippen LogP contribution in [0.3, 0.4) is 0 Å². The third-order valence-electron chi connectivity index (χ3n) is 3.83. The molecule has 1 aliphatic rings. The Morgan fingerprint density at radius 3 is 2.90 bits per heavy atom. The SMILES string of the molecule is CCCCN(CC(N)=O)c1nc2c(cc1C#N)CCCC2. The number of aromatic nitrogens is 1. The van der Waals surface area contributed by atoms with E-state index in [2.05, 4.69) is 18.0 Å². The average Bonchev–Trinajstić information content (AvgIpc) is 2.49. The van der Waals surface area contributed by atoms with E-state index in [0.717, 1.165) is 44.2 Å². The number of hydrogen-bond donors (Lipinski definition) is 1. The Labute approximate surface area is 125 Å². The summed E-state index contributed by atoms with van der Waals surface area (Å²) in [6.45, 7) is 2.90. The van der Waals surface area contributed by atoms with Gasteiger partial charge < -0.3 is 10.6 Å². The van der Waals surface area contributed by atoms with Gasteiger partial charge in [-0.2, -0.15) is 5.26 Å². The van der Waals surface area contributed by atoms with Crippen molar-refractivity contribution in [2.24, 2.45) is 5.73 Å². The predicted octanol–water partition coefficient (Wildman–Crippen LogP) is 1.92. The molecule has 0 aromatic carbocycles. The van der Waals surface area contributed by atoms with Gasteiger partial charge in [0.15, 0.2) is 0 Å². The van der Waals surface area contributed by atoms with Crippen LogP contribution in [-0.4, -0.2) is 24.0 Å². The largest absolute Gasteiger partial charge is 0.368 e. The number of carbonyl (C=O) groups excluding carboxylic acids is 1. The van der Waals surface area contributed by atoms with Crippen molar-refractivity contribution in [1.82, 2.24) is 4.98 Å². The number of pyridine rings is 1. The zero-order chi connectivity index (χ0) is 15.2. The fourth-order valence-electron chi connectivity index (χ4n) is 2.74. The summed E-state index contributed by atoms with van der Waals surface area (Å²) >= 11 is 0. The molecule has 0 unspecified atom stereocenters. The highest BCUT2D eigenvalue weighted by Crippen LogP contribution is 2.26. The molecule has 0 radical (unpaired) electrons. The standard InChI is InChI=1S/C16H22N4O/c1-2-3-8-20(11-15(18)21)16-13(10-17)9-12-6-4-5-7-14(12)19-16/h9H,2-8,11H2,1H3,(H2,18,21). The first-order valence-electron chi connectivity index (χ1n) is 7.61. The molecule has 2 N–H and O–H groups in total. The Bertz CT molecular complexity index is 562. The lowest BCUT2D eigenvalue weighted by Crippen LogP contribution is -2.36. The first-order chi connectivity index (χ1) is 10.2. The molecule has 1 heterocycles. The van der Waals surface area contributed by atoms with E-state index in [9.17, 15) is 10.1 Å². The normalized spacial score (nSPS) is 13.3. The highest BCUT2D eigenvalue weighted by Gasteiger charge is 2.19. The minimum atomic E-state index is -0.394. The maximum Gasteiger partial charge on any atom is 0.236 e. The van der Waals surface area contributed by atoms with E-state index < -0.39 is 5.91 Å². The molecule has 5 heteroatoms. The molecule has 0 bridgehead atoms. The minimum Gasteiger partial charge on any atom is -0.368 e. The van der Waals surface area contributed by atoms with Gasteiger partial charge in [0, 0.05) is 12.2 Å². The van der Waals surface area contributed by atoms with Crippen LogP contribution in [0.15, 0.2) is 6.07 Å². The summed E-state index contributed by atoms with van der Waals surface area (Å²) in [5.74, 6) is 0.222. The Balaban J connectivity index is 2.37. The molecule has 1 aliphatic carbocycles. The Morgan fingerprint density at radius 2 is 2.24 bits per heavy atom. The molecule has 1 amide bonds. The first kappa shape index (κ1) is 15.3. The second kappa shape index (κ2) is 7.07. The van der Waals surface area contributed by atoms with Gasteiger partial charge in [-0.1, -0.05) is 13.3 Å². The Kier molecular flexibility index (Phi) is 5.15. The number of carbonyl (C=O) groups is 1. The molecule has 1 aromatic rings. The van der Waals surface area contributed by atoms with Gasteiger partial charge in [0.1, 0.15) is 11.9 Å². The zero-order valence-corrected chi connectivity index (χ0v) is 12.6. The number of fused-ring (bicyclic) bond motifs is 1. The summed E-state index contributed by atoms with van der Waals surface area (Å²) in [6, 6.07) is 4.16. The summed E-state index contributed by atoms with van der Waals surface area (Å²) in [4.78, 5) is 17.8. The highest BCUT2D eigenvalue weighted by atomic mass is 16.1. The number of aryl methyl sites for hydroxylation is 2. The van der Waals surface area contributed by atoms with Crippen molar-refractivity contribution in [3.8, 4) is 6.07 Å². The third-order valence-corrected chi connectivity index (χ3v) is 3.83. The van der Waals surface area contributed by atoms with Gasteiger partial charge in [0.25, 0.3) is 0 Å². The van der Waals surface area contributed by atoms with E-state index in [1.165, 1.54) is 5.56 Å². The topological polar surface area (TPSA) is 83.0 Å². The summed E-state index contributed by atoms with van der Waals surface area (Å²) in [7, 11) is 0. The monoisotopic (exact) mass is 286 g/mol. The zero-order valence-electron chi connectivity index (χ0n) is 12.6. The molecular weight excluding hydrogens is 264 g/mol. The molecule has 112 valence electrons. The van der Waals surface area contributed by atoms with Gasteiger partial charge in [-0.15, -0.1) is 0 Å². The van der Waals surface area contributed by atoms with Crippen LogP contribution in [-0.2, 0) is 17.6 Å². The van der Waals surface area contributed by atoms with Crippen LogP contribution >= 0.6 is 0 Å². The van der Waals surface area contributed by atoms with Crippen molar-refractivity contribution in [2.45, 2.75) is 45.4 Å². The van der Waals surface area contributed by atoms with E-state index in [1.807, 2.05) is 11.0 Å². The van der Waals surface area contributed by atoms with Crippen molar-refractivity contribution >= 4 is 11.7 Å². The number of anilines is 1. The number of primary amides is 1. The fourth-order valence-corrected chi connectivity index (χ4v) is 2.74. The molecule has 21 heavy (non-hydrogen) atoms. The minimum absolute atomic E-state index is 0.112. The molecule has 1 aromatic heterocycles. The van der Waals surface area contributed by atoms with E-state index >= 15 is 0 Å². The number of amides is 1. The van der Waals surface area contributed by atoms with Crippen LogP contribution in [0.5, 0.6) is 0 Å². The van der Waals surface area contributed by atoms with E-state index in [1.54, 1.807) is 0 Å². The molecule has 0 saturated heterocycles. The van der Waals surface area contributed by atoms with Crippen LogP contribution in [0.4, 0.5) is 5.82 Å². The van der Waals surface area contributed by atoms with Gasteiger partial charge in [-0.25, -0.2) is 4.98 Å². The average molecular weight is 286 g/mol. The van der Waals surface area contributed by atoms with Gasteiger partial charge in [-0.3, -0.25) is 4.79 Å². The van der Waals surface area contributed by atoms with Gasteiger partial charge >= 0.3 is 0 Å². The summed E-state index contributed by atoms with van der Waals surface area (Å²) in [6.07, 6.45) is 6.18. The maximum atomic E-state index is 11.3. The molecular formula is C16H22N4O. The van der Waals surface area contributed by atoms with Crippen molar-refractivity contribution in [2.75, 3.05) is 18.0 Å². The van der Waals surface area contributed by atoms with Crippen LogP contribution in [0.1, 0.15) is 49.4 Å². The summed E-state index contributed by atoms with van der Waals surface area (Å²) in [5, 5.41) is 9.40. The molecule has 0 atom stereocenters. The van der Waals surface area contributed by atoms with Crippen LogP contribution in [0.25, 0.3) is 0 Å². The first-order valence-corrected chi connectivity index (χ1v) is 7.61. The van der Waals surface area contributed by atoms with Gasteiger partial charge in [0.05, 0.1) is 12.1 Å². The summed E-state index contributed by atoms with van der Waals surface area (Å²) in [5.41, 5.74) is 8.14. The van der Waals surface area contributed by atoms with E-state index in [-0.39, 0.29) is 6.54 Å². The van der Waals surface area contributed by atoms with Crippen molar-refractivity contribution in [3.63, 3.8) is 0 Å². The highest BCUT2D eigenvalue weighted by molar-refractivity contribution is 5.79. The van der Waals surface area contributed by atoms with E-state index in [0.29, 0.717) is 17.9 Å². The third kappa shape index (κ3) is 3.72. The quantitative estimate of drug-likeness (QED) is 0.866. The van der Waals surface area contributed by atoms with Gasteiger partial charge in [0.2, 0.25) is 5.91 Å². The molecule has 2 rings (SSSR count). The second-order valence-electron chi connectivity index (χ2n) is 5.53. The number of rotatable bonds is 6. The molecule has 0 spiro atoms. The van der Waals surface area contributed by atoms with Crippen molar-refractivity contribution in [3.05, 3.63) is 22.9 Å². The van der Waals surface area contributed by atoms with Gasteiger partial charge in [-0.05, 0) is 43.7 Å². The van der Waals surface area contributed by atoms with Crippen LogP contribution in [0.2, 0.25) is 0 Å². The van der Waals surface area contributed by atoms with Crippen LogP contribution in [0, 0.1) is 11.3 Å². The molecule has 0 aliphatic heterocycles. The summed E-state index contributed by atoms with van der Waals surface area (Å²) < 4.78 is 0. The van der Waals surface area contributed by atoms with Crippen LogP contribution < -0.4 is 10.6 Å². The maximum absolute atomic E-state index is 11.3. The number of nitriles is 1. The van der Waals surface area contributed by atoms with Crippen molar-refractivity contribution in [1.29, 1.82) is 5.26 Å². The predicted molar refractivity (Wildman–Crippen MR) is 81.9 cm³/mol. The molecule has 0 fully saturated rings. The Hall–Kier alpha value is -2.09. The molecule has 5 nitrogen and oxygen atoms in total. The number of unbranched alkanes of at least 4 members (excludes halogenated alkanes) is 1. The smallest absolute Gasteiger partial charge is 0.236 e. The molecule has 0 saturated carbocycles. The second-order valence-corrected chi connectivity index (χ2v) is 5.53. The number of nitrogens with zero attached hydrogens (tertiary/aromatic N) is 3. The lowest BCUT2D eigenvalue weighted by atomic mass is 9.95. The Morgan fingerprint density at radius 1 is 1.48 bits per heavy atom. The lowest BCUT2D eigenvalue weighted by Gasteiger charge is -2.25. The lowest BCUT2D eigenvalue weighted by molar-refractivity contribution is -0.116. The fraction of sp³-hybridized carbons (Fsp3) is 0.562.